The van der Waals surface area contributed by atoms with Crippen LogP contribution in [0.3, 0.4) is 0 Å². The number of aliphatic hydroxyl groups excluding tert-OH is 2. The van der Waals surface area contributed by atoms with E-state index in [-0.39, 0.29) is 6.61 Å². The predicted molar refractivity (Wildman–Crippen MR) is 70.1 cm³/mol. The second kappa shape index (κ2) is 6.50. The highest BCUT2D eigenvalue weighted by atomic mass is 32.1. The van der Waals surface area contributed by atoms with Gasteiger partial charge in [0.25, 0.3) is 0 Å². The second-order valence-electron chi connectivity index (χ2n) is 4.77. The van der Waals surface area contributed by atoms with E-state index in [0.29, 0.717) is 18.5 Å². The Kier molecular flexibility index (Phi) is 4.98. The molecule has 1 aliphatic carbocycles. The summed E-state index contributed by atoms with van der Waals surface area (Å²) in [6, 6.07) is 4.28. The quantitative estimate of drug-likeness (QED) is 0.753. The molecule has 0 spiro atoms. The second-order valence-corrected chi connectivity index (χ2v) is 5.75. The molecule has 17 heavy (non-hydrogen) atoms. The molecule has 1 heterocycles. The van der Waals surface area contributed by atoms with Gasteiger partial charge in [-0.2, -0.15) is 0 Å². The summed E-state index contributed by atoms with van der Waals surface area (Å²) in [5.74, 6) is 0.360. The minimum atomic E-state index is -0.420. The maximum atomic E-state index is 9.98. The maximum absolute atomic E-state index is 9.98. The van der Waals surface area contributed by atoms with Gasteiger partial charge in [0.05, 0.1) is 0 Å². The third kappa shape index (κ3) is 3.52. The number of nitrogens with one attached hydrogen (secondary N) is 1. The van der Waals surface area contributed by atoms with Gasteiger partial charge in [-0.05, 0) is 30.2 Å². The van der Waals surface area contributed by atoms with Crippen LogP contribution < -0.4 is 5.32 Å². The normalized spacial score (nSPS) is 26.9. The summed E-state index contributed by atoms with van der Waals surface area (Å²) in [7, 11) is 0. The summed E-state index contributed by atoms with van der Waals surface area (Å²) in [6.45, 7) is 0.842. The fraction of sp³-hybridized carbons (Fsp3) is 0.692. The summed E-state index contributed by atoms with van der Waals surface area (Å²) in [5.41, 5.74) is 0. The van der Waals surface area contributed by atoms with Crippen molar-refractivity contribution in [2.45, 2.75) is 37.8 Å². The largest absolute Gasteiger partial charge is 0.396 e. The van der Waals surface area contributed by atoms with E-state index in [4.69, 9.17) is 0 Å². The number of thiophene rings is 1. The van der Waals surface area contributed by atoms with Crippen molar-refractivity contribution in [2.75, 3.05) is 13.2 Å². The Balaban J connectivity index is 1.80. The van der Waals surface area contributed by atoms with Gasteiger partial charge in [-0.1, -0.05) is 18.9 Å². The Hall–Kier alpha value is -0.420. The van der Waals surface area contributed by atoms with Gasteiger partial charge in [-0.25, -0.2) is 0 Å². The Morgan fingerprint density at radius 2 is 2.24 bits per heavy atom. The Bertz CT molecular complexity index is 315. The monoisotopic (exact) mass is 255 g/mol. The zero-order valence-corrected chi connectivity index (χ0v) is 10.8. The van der Waals surface area contributed by atoms with Crippen LogP contribution in [0.5, 0.6) is 0 Å². The van der Waals surface area contributed by atoms with E-state index in [1.807, 2.05) is 17.5 Å². The average Bonchev–Trinajstić information content (AvgIpc) is 2.90. The number of rotatable bonds is 5. The van der Waals surface area contributed by atoms with E-state index in [2.05, 4.69) is 5.32 Å². The Morgan fingerprint density at radius 1 is 1.41 bits per heavy atom. The minimum absolute atomic E-state index is 0.257. The SMILES string of the molecule is OCC1CCCCC1NCC(O)c1cccs1. The molecule has 0 aliphatic heterocycles. The smallest absolute Gasteiger partial charge is 0.101 e. The molecule has 1 aliphatic rings. The molecule has 1 aromatic heterocycles. The molecular formula is C13H21NO2S. The summed E-state index contributed by atoms with van der Waals surface area (Å²) in [5, 5.41) is 24.7. The van der Waals surface area contributed by atoms with Crippen LogP contribution in [0.25, 0.3) is 0 Å². The highest BCUT2D eigenvalue weighted by Crippen LogP contribution is 2.25. The lowest BCUT2D eigenvalue weighted by molar-refractivity contribution is 0.128. The molecule has 3 atom stereocenters. The Labute approximate surface area is 106 Å². The van der Waals surface area contributed by atoms with Gasteiger partial charge in [0.2, 0.25) is 0 Å². The van der Waals surface area contributed by atoms with E-state index >= 15 is 0 Å². The van der Waals surface area contributed by atoms with Crippen molar-refractivity contribution in [3.8, 4) is 0 Å². The minimum Gasteiger partial charge on any atom is -0.396 e. The summed E-state index contributed by atoms with van der Waals surface area (Å²) in [6.07, 6.45) is 4.24. The molecule has 0 amide bonds. The van der Waals surface area contributed by atoms with Gasteiger partial charge in [-0.3, -0.25) is 0 Å². The van der Waals surface area contributed by atoms with Crippen LogP contribution in [0.1, 0.15) is 36.7 Å². The van der Waals surface area contributed by atoms with E-state index in [1.165, 1.54) is 12.8 Å². The topological polar surface area (TPSA) is 52.5 Å². The third-order valence-electron chi connectivity index (χ3n) is 3.59. The number of hydrogen-bond donors (Lipinski definition) is 3. The van der Waals surface area contributed by atoms with Crippen LogP contribution in [0.4, 0.5) is 0 Å². The zero-order chi connectivity index (χ0) is 12.1. The van der Waals surface area contributed by atoms with Gasteiger partial charge in [-0.15, -0.1) is 11.3 Å². The van der Waals surface area contributed by atoms with Crippen molar-refractivity contribution in [3.63, 3.8) is 0 Å². The average molecular weight is 255 g/mol. The van der Waals surface area contributed by atoms with Crippen molar-refractivity contribution >= 4 is 11.3 Å². The molecule has 1 aromatic rings. The molecule has 3 nitrogen and oxygen atoms in total. The van der Waals surface area contributed by atoms with Crippen LogP contribution in [0.15, 0.2) is 17.5 Å². The fourth-order valence-electron chi connectivity index (χ4n) is 2.54. The first kappa shape index (κ1) is 13.0. The van der Waals surface area contributed by atoms with Crippen molar-refractivity contribution in [2.24, 2.45) is 5.92 Å². The third-order valence-corrected chi connectivity index (χ3v) is 4.56. The first-order valence-electron chi connectivity index (χ1n) is 6.37. The molecule has 1 fully saturated rings. The van der Waals surface area contributed by atoms with Crippen molar-refractivity contribution in [1.82, 2.24) is 5.32 Å². The van der Waals surface area contributed by atoms with Gasteiger partial charge in [0, 0.05) is 24.1 Å². The van der Waals surface area contributed by atoms with Crippen LogP contribution in [-0.4, -0.2) is 29.4 Å². The predicted octanol–water partition coefficient (Wildman–Crippen LogP) is 1.92. The molecule has 0 saturated heterocycles. The first-order valence-corrected chi connectivity index (χ1v) is 7.25. The molecule has 2 rings (SSSR count). The molecule has 96 valence electrons. The van der Waals surface area contributed by atoms with Crippen molar-refractivity contribution in [3.05, 3.63) is 22.4 Å². The standard InChI is InChI=1S/C13H21NO2S/c15-9-10-4-1-2-5-11(10)14-8-12(16)13-6-3-7-17-13/h3,6-7,10-12,14-16H,1-2,4-5,8-9H2. The summed E-state index contributed by atoms with van der Waals surface area (Å²) in [4.78, 5) is 1.01. The molecule has 4 heteroatoms. The van der Waals surface area contributed by atoms with Crippen LogP contribution >= 0.6 is 11.3 Å². The van der Waals surface area contributed by atoms with E-state index in [1.54, 1.807) is 11.3 Å². The number of hydrogen-bond acceptors (Lipinski definition) is 4. The summed E-state index contributed by atoms with van der Waals surface area (Å²) < 4.78 is 0. The van der Waals surface area contributed by atoms with E-state index in [9.17, 15) is 10.2 Å². The highest BCUT2D eigenvalue weighted by Gasteiger charge is 2.24. The molecule has 0 radical (unpaired) electrons. The van der Waals surface area contributed by atoms with Gasteiger partial charge >= 0.3 is 0 Å². The molecule has 1 saturated carbocycles. The van der Waals surface area contributed by atoms with E-state index in [0.717, 1.165) is 17.7 Å². The molecule has 3 N–H and O–H groups in total. The van der Waals surface area contributed by atoms with Crippen LogP contribution in [0.2, 0.25) is 0 Å². The highest BCUT2D eigenvalue weighted by molar-refractivity contribution is 7.10. The zero-order valence-electron chi connectivity index (χ0n) is 10.0. The lowest BCUT2D eigenvalue weighted by atomic mass is 9.85. The fourth-order valence-corrected chi connectivity index (χ4v) is 3.25. The lowest BCUT2D eigenvalue weighted by Gasteiger charge is -2.31. The number of aliphatic hydroxyl groups is 2. The Morgan fingerprint density at radius 3 is 2.94 bits per heavy atom. The molecular weight excluding hydrogens is 234 g/mol. The van der Waals surface area contributed by atoms with Crippen LogP contribution in [0, 0.1) is 5.92 Å². The van der Waals surface area contributed by atoms with E-state index < -0.39 is 6.10 Å². The van der Waals surface area contributed by atoms with Crippen LogP contribution in [-0.2, 0) is 0 Å². The molecule has 0 bridgehead atoms. The summed E-state index contributed by atoms with van der Waals surface area (Å²) >= 11 is 1.58. The molecule has 0 aromatic carbocycles. The van der Waals surface area contributed by atoms with Crippen molar-refractivity contribution in [1.29, 1.82) is 0 Å². The van der Waals surface area contributed by atoms with Gasteiger partial charge < -0.3 is 15.5 Å². The maximum Gasteiger partial charge on any atom is 0.101 e. The lowest BCUT2D eigenvalue weighted by Crippen LogP contribution is -2.41. The van der Waals surface area contributed by atoms with Gasteiger partial charge in [0.1, 0.15) is 6.10 Å². The van der Waals surface area contributed by atoms with Crippen molar-refractivity contribution < 1.29 is 10.2 Å². The molecule has 3 unspecified atom stereocenters. The first-order chi connectivity index (χ1) is 8.31. The van der Waals surface area contributed by atoms with Gasteiger partial charge in [0.15, 0.2) is 0 Å².